The number of fused-ring (bicyclic) bond motifs is 1. The van der Waals surface area contributed by atoms with Crippen LogP contribution in [0.25, 0.3) is 28.1 Å². The zero-order chi connectivity index (χ0) is 16.5. The predicted octanol–water partition coefficient (Wildman–Crippen LogP) is 4.07. The highest BCUT2D eigenvalue weighted by atomic mass is 16.5. The number of rotatable bonds is 3. The van der Waals surface area contributed by atoms with Gasteiger partial charge in [0.15, 0.2) is 11.5 Å². The fraction of sp³-hybridized carbons (Fsp3) is 0.0526. The predicted molar refractivity (Wildman–Crippen MR) is 90.1 cm³/mol. The van der Waals surface area contributed by atoms with Crippen LogP contribution in [0.15, 0.2) is 71.1 Å². The summed E-state index contributed by atoms with van der Waals surface area (Å²) in [6, 6.07) is 20.8. The van der Waals surface area contributed by atoms with Crippen LogP contribution in [0.5, 0.6) is 0 Å². The second-order valence-corrected chi connectivity index (χ2v) is 5.30. The molecule has 2 aromatic heterocycles. The third-order valence-corrected chi connectivity index (χ3v) is 3.78. The third-order valence-electron chi connectivity index (χ3n) is 3.78. The summed E-state index contributed by atoms with van der Waals surface area (Å²) in [6.07, 6.45) is 0. The lowest BCUT2D eigenvalue weighted by Gasteiger charge is -2.04. The summed E-state index contributed by atoms with van der Waals surface area (Å²) in [5.74, 6) is 0.157. The fourth-order valence-corrected chi connectivity index (χ4v) is 2.63. The number of benzene rings is 2. The summed E-state index contributed by atoms with van der Waals surface area (Å²) in [5, 5.41) is 5.52. The van der Waals surface area contributed by atoms with Gasteiger partial charge in [-0.25, -0.2) is 9.48 Å². The second kappa shape index (κ2) is 5.70. The van der Waals surface area contributed by atoms with Gasteiger partial charge in [0.25, 0.3) is 0 Å². The van der Waals surface area contributed by atoms with E-state index in [1.807, 2.05) is 60.7 Å². The number of nitrogens with zero attached hydrogens (tertiary/aromatic N) is 2. The summed E-state index contributed by atoms with van der Waals surface area (Å²) in [7, 11) is 1.35. The number of esters is 1. The third kappa shape index (κ3) is 2.36. The topological polar surface area (TPSA) is 57.3 Å². The first-order valence-corrected chi connectivity index (χ1v) is 7.49. The van der Waals surface area contributed by atoms with Crippen LogP contribution in [-0.4, -0.2) is 22.9 Å². The second-order valence-electron chi connectivity index (χ2n) is 5.30. The van der Waals surface area contributed by atoms with Crippen molar-refractivity contribution in [1.29, 1.82) is 0 Å². The Morgan fingerprint density at radius 3 is 2.54 bits per heavy atom. The summed E-state index contributed by atoms with van der Waals surface area (Å²) in [5.41, 5.74) is 2.48. The summed E-state index contributed by atoms with van der Waals surface area (Å²) in [4.78, 5) is 12.1. The van der Waals surface area contributed by atoms with Gasteiger partial charge in [0.05, 0.1) is 12.8 Å². The Kier molecular flexibility index (Phi) is 3.39. The van der Waals surface area contributed by atoms with E-state index in [0.717, 1.165) is 16.7 Å². The van der Waals surface area contributed by atoms with Crippen molar-refractivity contribution in [3.63, 3.8) is 0 Å². The minimum absolute atomic E-state index is 0.346. The molecule has 0 spiro atoms. The molecule has 4 rings (SSSR count). The van der Waals surface area contributed by atoms with E-state index in [2.05, 4.69) is 5.10 Å². The van der Waals surface area contributed by atoms with Crippen molar-refractivity contribution in [2.24, 2.45) is 0 Å². The first kappa shape index (κ1) is 14.3. The van der Waals surface area contributed by atoms with E-state index in [-0.39, 0.29) is 0 Å². The van der Waals surface area contributed by atoms with Crippen molar-refractivity contribution in [3.8, 4) is 17.1 Å². The van der Waals surface area contributed by atoms with E-state index < -0.39 is 5.97 Å². The largest absolute Gasteiger partial charge is 0.464 e. The van der Waals surface area contributed by atoms with E-state index in [9.17, 15) is 4.79 Å². The van der Waals surface area contributed by atoms with Gasteiger partial charge < -0.3 is 9.15 Å². The minimum atomic E-state index is -0.450. The van der Waals surface area contributed by atoms with Gasteiger partial charge in [-0.3, -0.25) is 0 Å². The van der Waals surface area contributed by atoms with Crippen molar-refractivity contribution in [2.75, 3.05) is 7.11 Å². The molecule has 118 valence electrons. The van der Waals surface area contributed by atoms with Gasteiger partial charge in [-0.15, -0.1) is 0 Å². The molecule has 5 nitrogen and oxygen atoms in total. The molecule has 0 N–H and O–H groups in total. The van der Waals surface area contributed by atoms with E-state index in [4.69, 9.17) is 9.15 Å². The van der Waals surface area contributed by atoms with Crippen molar-refractivity contribution in [1.82, 2.24) is 9.78 Å². The standard InChI is InChI=1S/C19H14N2O3/c1-23-19(22)16-12-15(20-21(16)14-8-3-2-4-9-14)18-11-13-7-5-6-10-17(13)24-18/h2-12H,1H3. The molecule has 0 amide bonds. The quantitative estimate of drug-likeness (QED) is 0.534. The SMILES string of the molecule is COC(=O)c1cc(-c2cc3ccccc3o2)nn1-c1ccccc1. The maximum Gasteiger partial charge on any atom is 0.356 e. The number of hydrogen-bond donors (Lipinski definition) is 0. The van der Waals surface area contributed by atoms with Gasteiger partial charge in [0.2, 0.25) is 0 Å². The van der Waals surface area contributed by atoms with Crippen LogP contribution in [0, 0.1) is 0 Å². The molecular formula is C19H14N2O3. The van der Waals surface area contributed by atoms with E-state index >= 15 is 0 Å². The number of methoxy groups -OCH3 is 1. The number of para-hydroxylation sites is 2. The maximum absolute atomic E-state index is 12.1. The van der Waals surface area contributed by atoms with Crippen LogP contribution < -0.4 is 0 Å². The Balaban J connectivity index is 1.88. The van der Waals surface area contributed by atoms with Gasteiger partial charge in [-0.2, -0.15) is 5.10 Å². The normalized spacial score (nSPS) is 10.9. The maximum atomic E-state index is 12.1. The Bertz CT molecular complexity index is 982. The van der Waals surface area contributed by atoms with E-state index in [1.54, 1.807) is 10.7 Å². The van der Waals surface area contributed by atoms with E-state index in [0.29, 0.717) is 17.1 Å². The number of ether oxygens (including phenoxy) is 1. The Labute approximate surface area is 138 Å². The van der Waals surface area contributed by atoms with Gasteiger partial charge in [-0.05, 0) is 24.3 Å². The number of furan rings is 1. The van der Waals surface area contributed by atoms with Crippen LogP contribution in [-0.2, 0) is 4.74 Å². The Hall–Kier alpha value is -3.34. The van der Waals surface area contributed by atoms with Crippen LogP contribution in [0.3, 0.4) is 0 Å². The van der Waals surface area contributed by atoms with Gasteiger partial charge in [0, 0.05) is 11.5 Å². The van der Waals surface area contributed by atoms with Crippen molar-refractivity contribution in [2.45, 2.75) is 0 Å². The first-order valence-electron chi connectivity index (χ1n) is 7.49. The van der Waals surface area contributed by atoms with Gasteiger partial charge in [-0.1, -0.05) is 36.4 Å². The molecule has 0 aliphatic heterocycles. The Morgan fingerprint density at radius 1 is 1.04 bits per heavy atom. The van der Waals surface area contributed by atoms with E-state index in [1.165, 1.54) is 7.11 Å². The highest BCUT2D eigenvalue weighted by Crippen LogP contribution is 2.28. The lowest BCUT2D eigenvalue weighted by Crippen LogP contribution is -2.09. The number of carbonyl (C=O) groups is 1. The van der Waals surface area contributed by atoms with Crippen molar-refractivity contribution in [3.05, 3.63) is 72.4 Å². The number of hydrogen-bond acceptors (Lipinski definition) is 4. The smallest absolute Gasteiger partial charge is 0.356 e. The fourth-order valence-electron chi connectivity index (χ4n) is 2.63. The minimum Gasteiger partial charge on any atom is -0.464 e. The zero-order valence-electron chi connectivity index (χ0n) is 13.0. The molecule has 0 atom stereocenters. The zero-order valence-corrected chi connectivity index (χ0v) is 13.0. The molecule has 0 unspecified atom stereocenters. The van der Waals surface area contributed by atoms with Crippen molar-refractivity contribution < 1.29 is 13.9 Å². The highest BCUT2D eigenvalue weighted by Gasteiger charge is 2.19. The number of carbonyl (C=O) groups excluding carboxylic acids is 1. The molecule has 0 radical (unpaired) electrons. The van der Waals surface area contributed by atoms with Gasteiger partial charge in [0.1, 0.15) is 11.3 Å². The lowest BCUT2D eigenvalue weighted by molar-refractivity contribution is 0.0590. The molecule has 24 heavy (non-hydrogen) atoms. The number of aromatic nitrogens is 2. The molecule has 0 saturated carbocycles. The van der Waals surface area contributed by atoms with Crippen molar-refractivity contribution >= 4 is 16.9 Å². The molecule has 0 aliphatic rings. The highest BCUT2D eigenvalue weighted by molar-refractivity contribution is 5.90. The summed E-state index contributed by atoms with van der Waals surface area (Å²) < 4.78 is 12.3. The molecule has 0 saturated heterocycles. The monoisotopic (exact) mass is 318 g/mol. The summed E-state index contributed by atoms with van der Waals surface area (Å²) in [6.45, 7) is 0. The van der Waals surface area contributed by atoms with Crippen LogP contribution >= 0.6 is 0 Å². The molecule has 2 heterocycles. The molecule has 0 bridgehead atoms. The Morgan fingerprint density at radius 2 is 1.79 bits per heavy atom. The van der Waals surface area contributed by atoms with Crippen LogP contribution in [0.4, 0.5) is 0 Å². The van der Waals surface area contributed by atoms with Crippen LogP contribution in [0.2, 0.25) is 0 Å². The summed E-state index contributed by atoms with van der Waals surface area (Å²) >= 11 is 0. The molecular weight excluding hydrogens is 304 g/mol. The molecule has 0 aliphatic carbocycles. The average Bonchev–Trinajstić information content (AvgIpc) is 3.26. The molecule has 5 heteroatoms. The first-order chi connectivity index (χ1) is 11.8. The lowest BCUT2D eigenvalue weighted by atomic mass is 10.2. The van der Waals surface area contributed by atoms with Crippen LogP contribution in [0.1, 0.15) is 10.5 Å². The molecule has 0 fully saturated rings. The molecule has 2 aromatic carbocycles. The average molecular weight is 318 g/mol. The van der Waals surface area contributed by atoms with Gasteiger partial charge >= 0.3 is 5.97 Å². The molecule has 4 aromatic rings.